The summed E-state index contributed by atoms with van der Waals surface area (Å²) < 4.78 is 7.46. The molecular weight excluding hydrogens is 256 g/mol. The third kappa shape index (κ3) is 2.54. The van der Waals surface area contributed by atoms with Crippen molar-refractivity contribution in [1.29, 1.82) is 0 Å². The molecule has 0 bridgehead atoms. The van der Waals surface area contributed by atoms with Crippen LogP contribution in [-0.4, -0.2) is 41.2 Å². The molecule has 0 amide bonds. The van der Waals surface area contributed by atoms with Crippen LogP contribution in [0, 0.1) is 5.92 Å². The zero-order valence-electron chi connectivity index (χ0n) is 11.6. The van der Waals surface area contributed by atoms with E-state index in [4.69, 9.17) is 10.6 Å². The zero-order valence-corrected chi connectivity index (χ0v) is 11.6. The molecule has 1 fully saturated rings. The maximum atomic E-state index is 5.54. The summed E-state index contributed by atoms with van der Waals surface area (Å²) in [6.45, 7) is 2.61. The second kappa shape index (κ2) is 5.64. The number of hydrazine groups is 1. The molecule has 3 rings (SSSR count). The minimum absolute atomic E-state index is 0.542. The summed E-state index contributed by atoms with van der Waals surface area (Å²) in [6.07, 6.45) is 7.81. The number of nitrogens with zero attached hydrogens (tertiary/aromatic N) is 4. The number of nitrogens with one attached hydrogen (secondary N) is 1. The van der Waals surface area contributed by atoms with E-state index in [0.29, 0.717) is 11.7 Å². The summed E-state index contributed by atoms with van der Waals surface area (Å²) in [5.74, 6) is 7.47. The van der Waals surface area contributed by atoms with Crippen LogP contribution < -0.4 is 16.2 Å². The van der Waals surface area contributed by atoms with Crippen LogP contribution in [0.3, 0.4) is 0 Å². The summed E-state index contributed by atoms with van der Waals surface area (Å²) in [6, 6.07) is 0. The topological polar surface area (TPSA) is 80.7 Å². The maximum Gasteiger partial charge on any atom is 0.180 e. The number of nitrogens with two attached hydrogens (primary N) is 1. The van der Waals surface area contributed by atoms with Gasteiger partial charge in [-0.05, 0) is 18.8 Å². The van der Waals surface area contributed by atoms with E-state index in [1.165, 1.54) is 6.42 Å². The van der Waals surface area contributed by atoms with Gasteiger partial charge in [0.05, 0.1) is 12.8 Å². The molecule has 1 aliphatic rings. The van der Waals surface area contributed by atoms with Gasteiger partial charge in [-0.1, -0.05) is 0 Å². The van der Waals surface area contributed by atoms with E-state index >= 15 is 0 Å². The van der Waals surface area contributed by atoms with Crippen molar-refractivity contribution in [2.24, 2.45) is 11.8 Å². The summed E-state index contributed by atoms with van der Waals surface area (Å²) in [7, 11) is 2.03. The molecule has 0 aliphatic carbocycles. The number of ether oxygens (including phenoxy) is 1. The first-order valence-electron chi connectivity index (χ1n) is 6.87. The highest BCUT2D eigenvalue weighted by atomic mass is 16.5. The Bertz CT molecular complexity index is 577. The molecule has 2 aromatic heterocycles. The predicted octanol–water partition coefficient (Wildman–Crippen LogP) is 0.878. The molecule has 1 aliphatic heterocycles. The number of rotatable bonds is 4. The summed E-state index contributed by atoms with van der Waals surface area (Å²) >= 11 is 0. The Balaban J connectivity index is 1.85. The largest absolute Gasteiger partial charge is 0.381 e. The maximum absolute atomic E-state index is 5.54. The number of fused-ring (bicyclic) bond motifs is 1. The average Bonchev–Trinajstić information content (AvgIpc) is 2.95. The fraction of sp³-hybridized carbons (Fsp3) is 0.538. The predicted molar refractivity (Wildman–Crippen MR) is 77.6 cm³/mol. The lowest BCUT2D eigenvalue weighted by Gasteiger charge is -2.28. The molecule has 1 saturated heterocycles. The molecule has 0 radical (unpaired) electrons. The Kier molecular flexibility index (Phi) is 3.70. The molecule has 7 heteroatoms. The van der Waals surface area contributed by atoms with Gasteiger partial charge in [0.15, 0.2) is 17.3 Å². The summed E-state index contributed by atoms with van der Waals surface area (Å²) in [4.78, 5) is 11.0. The third-order valence-corrected chi connectivity index (χ3v) is 3.65. The van der Waals surface area contributed by atoms with Gasteiger partial charge in [-0.25, -0.2) is 15.8 Å². The number of aromatic nitrogens is 3. The third-order valence-electron chi connectivity index (χ3n) is 3.65. The first kappa shape index (κ1) is 13.1. The first-order chi connectivity index (χ1) is 9.78. The van der Waals surface area contributed by atoms with Gasteiger partial charge in [0.25, 0.3) is 0 Å². The van der Waals surface area contributed by atoms with Crippen molar-refractivity contribution in [3.8, 4) is 0 Å². The second-order valence-electron chi connectivity index (χ2n) is 5.22. The zero-order chi connectivity index (χ0) is 13.9. The molecule has 3 heterocycles. The van der Waals surface area contributed by atoms with Gasteiger partial charge in [-0.3, -0.25) is 0 Å². The van der Waals surface area contributed by atoms with Gasteiger partial charge >= 0.3 is 0 Å². The highest BCUT2D eigenvalue weighted by Gasteiger charge is 2.19. The van der Waals surface area contributed by atoms with Gasteiger partial charge in [0.1, 0.15) is 0 Å². The quantitative estimate of drug-likeness (QED) is 0.637. The Morgan fingerprint density at radius 3 is 3.25 bits per heavy atom. The Labute approximate surface area is 117 Å². The average molecular weight is 276 g/mol. The molecule has 108 valence electrons. The van der Waals surface area contributed by atoms with Crippen molar-refractivity contribution in [2.75, 3.05) is 37.1 Å². The smallest absolute Gasteiger partial charge is 0.180 e. The lowest BCUT2D eigenvalue weighted by Crippen LogP contribution is -2.31. The van der Waals surface area contributed by atoms with E-state index in [-0.39, 0.29) is 0 Å². The second-order valence-corrected chi connectivity index (χ2v) is 5.22. The molecule has 0 spiro atoms. The lowest BCUT2D eigenvalue weighted by atomic mass is 10.0. The fourth-order valence-electron chi connectivity index (χ4n) is 2.67. The minimum Gasteiger partial charge on any atom is -0.381 e. The Morgan fingerprint density at radius 1 is 1.60 bits per heavy atom. The number of hydrogen-bond acceptors (Lipinski definition) is 6. The number of nitrogen functional groups attached to an aromatic ring is 1. The first-order valence-corrected chi connectivity index (χ1v) is 6.87. The van der Waals surface area contributed by atoms with Crippen LogP contribution in [-0.2, 0) is 4.74 Å². The molecule has 2 aromatic rings. The molecular formula is C13H20N6O. The molecule has 1 unspecified atom stereocenters. The molecule has 20 heavy (non-hydrogen) atoms. The van der Waals surface area contributed by atoms with Crippen molar-refractivity contribution in [1.82, 2.24) is 14.4 Å². The molecule has 0 aromatic carbocycles. The Morgan fingerprint density at radius 2 is 2.50 bits per heavy atom. The van der Waals surface area contributed by atoms with Gasteiger partial charge in [-0.2, -0.15) is 0 Å². The van der Waals surface area contributed by atoms with Gasteiger partial charge < -0.3 is 19.5 Å². The number of anilines is 2. The molecule has 3 N–H and O–H groups in total. The van der Waals surface area contributed by atoms with Crippen LogP contribution in [0.2, 0.25) is 0 Å². The van der Waals surface area contributed by atoms with Crippen LogP contribution in [0.4, 0.5) is 11.6 Å². The van der Waals surface area contributed by atoms with Crippen LogP contribution >= 0.6 is 0 Å². The van der Waals surface area contributed by atoms with Crippen molar-refractivity contribution < 1.29 is 4.74 Å². The fourth-order valence-corrected chi connectivity index (χ4v) is 2.67. The van der Waals surface area contributed by atoms with Gasteiger partial charge in [-0.15, -0.1) is 0 Å². The summed E-state index contributed by atoms with van der Waals surface area (Å²) in [5, 5.41) is 0. The number of hydrogen-bond donors (Lipinski definition) is 2. The molecule has 1 atom stereocenters. The molecule has 7 nitrogen and oxygen atoms in total. The van der Waals surface area contributed by atoms with Crippen molar-refractivity contribution in [3.63, 3.8) is 0 Å². The Hall–Kier alpha value is -1.86. The van der Waals surface area contributed by atoms with Gasteiger partial charge in [0.2, 0.25) is 0 Å². The van der Waals surface area contributed by atoms with Crippen molar-refractivity contribution in [2.45, 2.75) is 12.8 Å². The van der Waals surface area contributed by atoms with Crippen LogP contribution in [0.15, 0.2) is 18.6 Å². The van der Waals surface area contributed by atoms with E-state index in [1.54, 1.807) is 6.20 Å². The normalized spacial score (nSPS) is 19.2. The highest BCUT2D eigenvalue weighted by molar-refractivity contribution is 5.66. The van der Waals surface area contributed by atoms with E-state index in [1.807, 2.05) is 23.8 Å². The van der Waals surface area contributed by atoms with Gasteiger partial charge in [0, 0.05) is 32.6 Å². The molecule has 0 saturated carbocycles. The van der Waals surface area contributed by atoms with E-state index in [9.17, 15) is 0 Å². The van der Waals surface area contributed by atoms with Crippen LogP contribution in [0.25, 0.3) is 5.65 Å². The monoisotopic (exact) mass is 276 g/mol. The van der Waals surface area contributed by atoms with Crippen molar-refractivity contribution in [3.05, 3.63) is 18.6 Å². The summed E-state index contributed by atoms with van der Waals surface area (Å²) in [5.41, 5.74) is 3.43. The minimum atomic E-state index is 0.542. The van der Waals surface area contributed by atoms with E-state index < -0.39 is 0 Å². The van der Waals surface area contributed by atoms with Crippen LogP contribution in [0.1, 0.15) is 12.8 Å². The standard InChI is InChI=1S/C13H20N6O/c1-18(7-10-3-2-6-20-9-10)13-12-15-4-5-19(12)8-11(16-13)17-14/h4-5,8,10,17H,2-3,6-7,9,14H2,1H3. The van der Waals surface area contributed by atoms with E-state index in [2.05, 4.69) is 20.3 Å². The lowest BCUT2D eigenvalue weighted by molar-refractivity contribution is 0.0576. The van der Waals surface area contributed by atoms with E-state index in [0.717, 1.165) is 37.6 Å². The highest BCUT2D eigenvalue weighted by Crippen LogP contribution is 2.22. The SMILES string of the molecule is CN(CC1CCCOC1)c1nc(NN)cn2ccnc12. The number of imidazole rings is 1. The van der Waals surface area contributed by atoms with Crippen LogP contribution in [0.5, 0.6) is 0 Å². The van der Waals surface area contributed by atoms with Crippen molar-refractivity contribution >= 4 is 17.3 Å².